The van der Waals surface area contributed by atoms with E-state index in [1.54, 1.807) is 43.0 Å². The molecule has 0 unspecified atom stereocenters. The largest absolute Gasteiger partial charge is 0.472 e. The molecule has 3 aromatic heterocycles. The van der Waals surface area contributed by atoms with Gasteiger partial charge in [0.15, 0.2) is 5.82 Å². The number of nitrogens with one attached hydrogen (secondary N) is 1. The molecule has 1 N–H and O–H groups in total. The Morgan fingerprint density at radius 1 is 1.29 bits per heavy atom. The molecule has 1 atom stereocenters. The van der Waals surface area contributed by atoms with E-state index in [-0.39, 0.29) is 16.0 Å². The van der Waals surface area contributed by atoms with Gasteiger partial charge in [0.2, 0.25) is 5.88 Å². The molecule has 4 heterocycles. The first-order valence-corrected chi connectivity index (χ1v) is 14.0. The summed E-state index contributed by atoms with van der Waals surface area (Å²) in [6, 6.07) is 4.95. The molecule has 12 heteroatoms. The van der Waals surface area contributed by atoms with Crippen molar-refractivity contribution in [1.29, 1.82) is 0 Å². The molecule has 1 aliphatic rings. The van der Waals surface area contributed by atoms with E-state index in [0.29, 0.717) is 42.3 Å². The number of pyridine rings is 1. The average Bonchev–Trinajstić information content (AvgIpc) is 3.53. The van der Waals surface area contributed by atoms with E-state index in [2.05, 4.69) is 47.2 Å². The van der Waals surface area contributed by atoms with Crippen LogP contribution in [0.5, 0.6) is 5.88 Å². The van der Waals surface area contributed by atoms with Crippen LogP contribution in [0.2, 0.25) is 0 Å². The van der Waals surface area contributed by atoms with Gasteiger partial charge in [0.1, 0.15) is 17.3 Å². The maximum Gasteiger partial charge on any atom is 0.268 e. The summed E-state index contributed by atoms with van der Waals surface area (Å²) in [7, 11) is -2.50. The summed E-state index contributed by atoms with van der Waals surface area (Å²) in [5.41, 5.74) is 1.24. The van der Waals surface area contributed by atoms with E-state index in [1.807, 2.05) is 6.92 Å². The molecule has 0 saturated carbocycles. The number of sulfonamides is 1. The van der Waals surface area contributed by atoms with Crippen molar-refractivity contribution in [2.45, 2.75) is 57.9 Å². The van der Waals surface area contributed by atoms with Crippen molar-refractivity contribution in [2.75, 3.05) is 18.1 Å². The van der Waals surface area contributed by atoms with Gasteiger partial charge in [-0.1, -0.05) is 20.4 Å². The van der Waals surface area contributed by atoms with Crippen LogP contribution in [0.4, 0.5) is 5.82 Å². The third-order valence-corrected chi connectivity index (χ3v) is 8.30. The Balaban J connectivity index is 1.70. The Hall–Kier alpha value is -3.67. The van der Waals surface area contributed by atoms with E-state index < -0.39 is 15.9 Å². The molecule has 38 heavy (non-hydrogen) atoms. The van der Waals surface area contributed by atoms with Crippen molar-refractivity contribution >= 4 is 21.7 Å². The van der Waals surface area contributed by atoms with E-state index in [4.69, 9.17) is 9.72 Å². The molecule has 1 saturated heterocycles. The Morgan fingerprint density at radius 2 is 2.03 bits per heavy atom. The van der Waals surface area contributed by atoms with Crippen molar-refractivity contribution < 1.29 is 17.9 Å². The van der Waals surface area contributed by atoms with Crippen molar-refractivity contribution in [3.05, 3.63) is 54.0 Å². The standard InChI is InChI=1S/C26H35N7O4S/c1-8-17(2)16-37-23-11-12-33(29-23)22-10-9-20(24(28-22)32-15-18(3)13-26(32,5)6)25(34)30-38(35,36)21-14-27-31(7)19(21)4/h9-12,14,18H,2,8,13,15-16H2,1,3-7H3,(H,30,34)/t18-/m0/s1. The molecule has 0 spiro atoms. The molecule has 0 aliphatic carbocycles. The number of nitrogens with zero attached hydrogens (tertiary/aromatic N) is 6. The molecular weight excluding hydrogens is 506 g/mol. The zero-order valence-corrected chi connectivity index (χ0v) is 23.5. The summed E-state index contributed by atoms with van der Waals surface area (Å²) in [6.07, 6.45) is 4.67. The minimum Gasteiger partial charge on any atom is -0.472 e. The highest BCUT2D eigenvalue weighted by molar-refractivity contribution is 7.90. The minimum atomic E-state index is -4.14. The van der Waals surface area contributed by atoms with Crippen molar-refractivity contribution in [1.82, 2.24) is 29.3 Å². The third kappa shape index (κ3) is 5.45. The summed E-state index contributed by atoms with van der Waals surface area (Å²) in [5.74, 6) is 0.898. The lowest BCUT2D eigenvalue weighted by Gasteiger charge is -2.34. The summed E-state index contributed by atoms with van der Waals surface area (Å²) >= 11 is 0. The normalized spacial score (nSPS) is 17.0. The van der Waals surface area contributed by atoms with Gasteiger partial charge in [0, 0.05) is 31.4 Å². The van der Waals surface area contributed by atoms with Crippen LogP contribution in [0.1, 0.15) is 56.6 Å². The van der Waals surface area contributed by atoms with E-state index >= 15 is 0 Å². The predicted molar refractivity (Wildman–Crippen MR) is 144 cm³/mol. The second-order valence-corrected chi connectivity index (χ2v) is 12.1. The van der Waals surface area contributed by atoms with Crippen molar-refractivity contribution in [3.8, 4) is 11.7 Å². The van der Waals surface area contributed by atoms with Crippen LogP contribution in [0.15, 0.2) is 47.6 Å². The van der Waals surface area contributed by atoms with Crippen LogP contribution < -0.4 is 14.4 Å². The minimum absolute atomic E-state index is 0.0515. The Kier molecular flexibility index (Phi) is 7.37. The fraction of sp³-hybridized carbons (Fsp3) is 0.462. The number of carbonyl (C=O) groups is 1. The highest BCUT2D eigenvalue weighted by Gasteiger charge is 2.39. The lowest BCUT2D eigenvalue weighted by Crippen LogP contribution is -2.41. The van der Waals surface area contributed by atoms with Gasteiger partial charge >= 0.3 is 0 Å². The maximum absolute atomic E-state index is 13.4. The number of rotatable bonds is 9. The molecule has 204 valence electrons. The lowest BCUT2D eigenvalue weighted by molar-refractivity contribution is 0.0981. The Labute approximate surface area is 223 Å². The summed E-state index contributed by atoms with van der Waals surface area (Å²) in [6.45, 7) is 14.9. The molecule has 0 aromatic carbocycles. The van der Waals surface area contributed by atoms with Crippen LogP contribution in [-0.2, 0) is 17.1 Å². The summed E-state index contributed by atoms with van der Waals surface area (Å²) in [5, 5.41) is 8.44. The maximum atomic E-state index is 13.4. The topological polar surface area (TPSA) is 124 Å². The van der Waals surface area contributed by atoms with Gasteiger partial charge in [-0.25, -0.2) is 22.8 Å². The molecule has 4 rings (SSSR count). The number of hydrogen-bond donors (Lipinski definition) is 1. The number of amides is 1. The van der Waals surface area contributed by atoms with Crippen LogP contribution in [-0.4, -0.2) is 57.6 Å². The van der Waals surface area contributed by atoms with E-state index in [1.165, 1.54) is 10.9 Å². The van der Waals surface area contributed by atoms with Gasteiger partial charge in [-0.05, 0) is 57.2 Å². The van der Waals surface area contributed by atoms with Gasteiger partial charge in [-0.2, -0.15) is 5.10 Å². The fourth-order valence-electron chi connectivity index (χ4n) is 4.67. The second kappa shape index (κ2) is 10.2. The van der Waals surface area contributed by atoms with Crippen LogP contribution in [0, 0.1) is 12.8 Å². The highest BCUT2D eigenvalue weighted by atomic mass is 32.2. The lowest BCUT2D eigenvalue weighted by atomic mass is 9.97. The first-order valence-electron chi connectivity index (χ1n) is 12.5. The monoisotopic (exact) mass is 541 g/mol. The Morgan fingerprint density at radius 3 is 2.63 bits per heavy atom. The molecule has 1 amide bonds. The fourth-order valence-corrected chi connectivity index (χ4v) is 5.84. The number of aromatic nitrogens is 5. The Bertz CT molecular complexity index is 1470. The highest BCUT2D eigenvalue weighted by Crippen LogP contribution is 2.37. The smallest absolute Gasteiger partial charge is 0.268 e. The van der Waals surface area contributed by atoms with Gasteiger partial charge in [0.25, 0.3) is 15.9 Å². The van der Waals surface area contributed by atoms with Crippen LogP contribution in [0.3, 0.4) is 0 Å². The number of aryl methyl sites for hydroxylation is 1. The molecule has 1 aliphatic heterocycles. The predicted octanol–water partition coefficient (Wildman–Crippen LogP) is 3.40. The third-order valence-electron chi connectivity index (χ3n) is 6.86. The molecule has 0 radical (unpaired) electrons. The molecular formula is C26H35N7O4S. The molecule has 11 nitrogen and oxygen atoms in total. The molecule has 1 fully saturated rings. The van der Waals surface area contributed by atoms with E-state index in [9.17, 15) is 13.2 Å². The zero-order chi connectivity index (χ0) is 27.8. The average molecular weight is 542 g/mol. The quantitative estimate of drug-likeness (QED) is 0.409. The number of ether oxygens (including phenoxy) is 1. The molecule has 0 bridgehead atoms. The zero-order valence-electron chi connectivity index (χ0n) is 22.7. The molecule has 3 aromatic rings. The second-order valence-electron chi connectivity index (χ2n) is 10.4. The first-order chi connectivity index (χ1) is 17.8. The van der Waals surface area contributed by atoms with Crippen molar-refractivity contribution in [3.63, 3.8) is 0 Å². The summed E-state index contributed by atoms with van der Waals surface area (Å²) < 4.78 is 37.0. The van der Waals surface area contributed by atoms with Gasteiger partial charge in [-0.15, -0.1) is 5.10 Å². The number of hydrogen-bond acceptors (Lipinski definition) is 8. The van der Waals surface area contributed by atoms with Crippen molar-refractivity contribution in [2.24, 2.45) is 13.0 Å². The first kappa shape index (κ1) is 27.4. The van der Waals surface area contributed by atoms with Gasteiger partial charge in [0.05, 0.1) is 17.5 Å². The number of anilines is 1. The van der Waals surface area contributed by atoms with Crippen LogP contribution >= 0.6 is 0 Å². The van der Waals surface area contributed by atoms with Crippen LogP contribution in [0.25, 0.3) is 5.82 Å². The summed E-state index contributed by atoms with van der Waals surface area (Å²) in [4.78, 5) is 20.2. The van der Waals surface area contributed by atoms with Gasteiger partial charge < -0.3 is 9.64 Å². The number of carbonyl (C=O) groups excluding carboxylic acids is 1. The van der Waals surface area contributed by atoms with E-state index in [0.717, 1.165) is 18.4 Å². The van der Waals surface area contributed by atoms with Gasteiger partial charge in [-0.3, -0.25) is 9.48 Å². The SMILES string of the molecule is C=C(CC)COc1ccn(-c2ccc(C(=O)NS(=O)(=O)c3cnn(C)c3C)c(N3C[C@@H](C)CC3(C)C)n2)n1.